The van der Waals surface area contributed by atoms with Gasteiger partial charge in [0.25, 0.3) is 0 Å². The van der Waals surface area contributed by atoms with Gasteiger partial charge in [-0.3, -0.25) is 9.59 Å². The molecule has 0 amide bonds. The van der Waals surface area contributed by atoms with Crippen molar-refractivity contribution in [1.29, 1.82) is 0 Å². The molecule has 292 valence electrons. The van der Waals surface area contributed by atoms with Gasteiger partial charge in [-0.1, -0.05) is 155 Å². The van der Waals surface area contributed by atoms with Crippen molar-refractivity contribution in [3.63, 3.8) is 0 Å². The lowest BCUT2D eigenvalue weighted by molar-refractivity contribution is -0.143. The Morgan fingerprint density at radius 2 is 0.740 bits per heavy atom. The molecule has 0 bridgehead atoms. The maximum absolute atomic E-state index is 12.2. The molecule has 0 aromatic rings. The summed E-state index contributed by atoms with van der Waals surface area (Å²) in [5, 5.41) is 9.13. The molecule has 0 atom stereocenters. The molecule has 4 aliphatic rings. The maximum atomic E-state index is 12.2. The van der Waals surface area contributed by atoms with E-state index < -0.39 is 15.8 Å². The molecule has 0 unspecified atom stereocenters. The minimum absolute atomic E-state index is 0.0310. The van der Waals surface area contributed by atoms with Gasteiger partial charge < -0.3 is 5.11 Å². The first-order valence-corrected chi connectivity index (χ1v) is 23.9. The van der Waals surface area contributed by atoms with Gasteiger partial charge in [-0.05, 0) is 87.9 Å². The Bertz CT molecular complexity index is 1080. The topological polar surface area (TPSA) is 88.5 Å². The largest absolute Gasteiger partial charge is 0.481 e. The first kappa shape index (κ1) is 43.5. The lowest BCUT2D eigenvalue weighted by atomic mass is 9.93. The molecule has 0 aliphatic heterocycles. The number of carboxylic acid groups (broad SMARTS) is 1. The molecule has 0 radical (unpaired) electrons. The molecule has 0 saturated heterocycles. The van der Waals surface area contributed by atoms with Crippen LogP contribution < -0.4 is 0 Å². The molecule has 0 aromatic carbocycles. The normalized spacial score (nSPS) is 20.1. The molecule has 4 saturated carbocycles. The van der Waals surface area contributed by atoms with Crippen molar-refractivity contribution in [1.82, 2.24) is 0 Å². The molecule has 50 heavy (non-hydrogen) atoms. The van der Waals surface area contributed by atoms with Crippen molar-refractivity contribution in [3.8, 4) is 0 Å². The third-order valence-corrected chi connectivity index (χ3v) is 14.6. The van der Waals surface area contributed by atoms with Crippen molar-refractivity contribution in [2.45, 2.75) is 232 Å². The number of sulfone groups is 1. The Kier molecular flexibility index (Phi) is 18.9. The summed E-state index contributed by atoms with van der Waals surface area (Å²) < 4.78 is 22.6. The van der Waals surface area contributed by atoms with Crippen molar-refractivity contribution in [2.24, 2.45) is 21.7 Å². The molecule has 4 fully saturated rings. The van der Waals surface area contributed by atoms with Gasteiger partial charge >= 0.3 is 5.97 Å². The Balaban J connectivity index is 0.000000274. The van der Waals surface area contributed by atoms with E-state index in [1.165, 1.54) is 167 Å². The van der Waals surface area contributed by atoms with Gasteiger partial charge in [-0.15, -0.1) is 0 Å². The third-order valence-electron chi connectivity index (χ3n) is 13.8. The van der Waals surface area contributed by atoms with E-state index in [1.54, 1.807) is 0 Å². The first-order chi connectivity index (χ1) is 23.9. The van der Waals surface area contributed by atoms with Gasteiger partial charge in [0, 0.05) is 11.7 Å². The molecular weight excluding hydrogens is 641 g/mol. The van der Waals surface area contributed by atoms with Crippen LogP contribution in [0.5, 0.6) is 0 Å². The molecule has 4 rings (SSSR count). The summed E-state index contributed by atoms with van der Waals surface area (Å²) in [5.41, 5.74) is 1.00. The van der Waals surface area contributed by atoms with E-state index >= 15 is 0 Å². The number of Topliss-reactive ketones (excluding diaryl/α,β-unsaturated/α-hetero) is 1. The first-order valence-electron chi connectivity index (χ1n) is 21.9. The smallest absolute Gasteiger partial charge is 0.309 e. The molecule has 1 N–H and O–H groups in total. The van der Waals surface area contributed by atoms with Crippen LogP contribution in [0.3, 0.4) is 0 Å². The van der Waals surface area contributed by atoms with Crippen LogP contribution in [-0.2, 0) is 19.4 Å². The minimum atomic E-state index is -3.18. The molecule has 0 spiro atoms. The Labute approximate surface area is 309 Å². The van der Waals surface area contributed by atoms with Gasteiger partial charge in [-0.2, -0.15) is 0 Å². The van der Waals surface area contributed by atoms with Crippen LogP contribution in [0, 0.1) is 21.7 Å². The van der Waals surface area contributed by atoms with E-state index in [0.717, 1.165) is 68.5 Å². The van der Waals surface area contributed by atoms with Gasteiger partial charge in [-0.25, -0.2) is 8.42 Å². The average Bonchev–Trinajstić information content (AvgIpc) is 3.88. The van der Waals surface area contributed by atoms with E-state index in [1.807, 2.05) is 0 Å². The highest BCUT2D eigenvalue weighted by atomic mass is 32.2. The van der Waals surface area contributed by atoms with Gasteiger partial charge in [0.05, 0.1) is 5.41 Å². The van der Waals surface area contributed by atoms with E-state index in [4.69, 9.17) is 5.11 Å². The Hall–Kier alpha value is -0.910. The molecule has 5 nitrogen and oxygen atoms in total. The van der Waals surface area contributed by atoms with Crippen LogP contribution in [0.1, 0.15) is 232 Å². The maximum Gasteiger partial charge on any atom is 0.309 e. The number of aliphatic carboxylic acids is 1. The number of ketones is 1. The quantitative estimate of drug-likeness (QED) is 0.0699. The van der Waals surface area contributed by atoms with Crippen LogP contribution in [0.15, 0.2) is 0 Å². The predicted molar refractivity (Wildman–Crippen MR) is 210 cm³/mol. The highest BCUT2D eigenvalue weighted by Crippen LogP contribution is 2.54. The zero-order chi connectivity index (χ0) is 36.4. The number of carboxylic acids is 1. The summed E-state index contributed by atoms with van der Waals surface area (Å²) in [7, 11) is -3.18. The number of unbranched alkanes of at least 4 members (excludes halogenated alkanes) is 18. The molecule has 0 aromatic heterocycles. The number of hydrogen-bond donors (Lipinski definition) is 1. The van der Waals surface area contributed by atoms with Gasteiger partial charge in [0.1, 0.15) is 5.75 Å². The lowest BCUT2D eigenvalue weighted by Gasteiger charge is -2.13. The highest BCUT2D eigenvalue weighted by molar-refractivity contribution is 7.91. The third kappa shape index (κ3) is 17.3. The van der Waals surface area contributed by atoms with Crippen molar-refractivity contribution in [2.75, 3.05) is 12.0 Å². The SMILES string of the molecule is CCC1(CCCCCCCCCCCCC2(C(=O)CS(C)(=O)=O)CC2)CC1.CCC1(CCCCCCCCCCCCC2(C(=O)O)CC2)CC1. The van der Waals surface area contributed by atoms with Gasteiger partial charge in [0.2, 0.25) is 0 Å². The van der Waals surface area contributed by atoms with Crippen molar-refractivity contribution < 1.29 is 23.1 Å². The number of carbonyl (C=O) groups is 2. The minimum Gasteiger partial charge on any atom is -0.481 e. The monoisotopic (exact) mass is 721 g/mol. The molecule has 0 heterocycles. The number of rotatable bonds is 32. The van der Waals surface area contributed by atoms with Gasteiger partial charge in [0.15, 0.2) is 15.6 Å². The van der Waals surface area contributed by atoms with E-state index in [-0.39, 0.29) is 22.4 Å². The van der Waals surface area contributed by atoms with Crippen LogP contribution >= 0.6 is 0 Å². The summed E-state index contributed by atoms with van der Waals surface area (Å²) in [6.07, 6.45) is 45.1. The summed E-state index contributed by atoms with van der Waals surface area (Å²) >= 11 is 0. The van der Waals surface area contributed by atoms with Crippen LogP contribution in [-0.4, -0.2) is 37.3 Å². The second kappa shape index (κ2) is 21.7. The summed E-state index contributed by atoms with van der Waals surface area (Å²) in [5.74, 6) is -0.840. The number of hydrogen-bond acceptors (Lipinski definition) is 4. The van der Waals surface area contributed by atoms with Crippen LogP contribution in [0.4, 0.5) is 0 Å². The fourth-order valence-corrected chi connectivity index (χ4v) is 9.38. The zero-order valence-electron chi connectivity index (χ0n) is 33.2. The van der Waals surface area contributed by atoms with Crippen LogP contribution in [0.2, 0.25) is 0 Å². The van der Waals surface area contributed by atoms with Crippen molar-refractivity contribution in [3.05, 3.63) is 0 Å². The van der Waals surface area contributed by atoms with Crippen LogP contribution in [0.25, 0.3) is 0 Å². The average molecular weight is 721 g/mol. The second-order valence-electron chi connectivity index (χ2n) is 18.1. The Morgan fingerprint density at radius 1 is 0.460 bits per heavy atom. The van der Waals surface area contributed by atoms with Crippen molar-refractivity contribution >= 4 is 21.6 Å². The van der Waals surface area contributed by atoms with E-state index in [2.05, 4.69) is 13.8 Å². The Morgan fingerprint density at radius 3 is 0.980 bits per heavy atom. The fraction of sp³-hybridized carbons (Fsp3) is 0.955. The zero-order valence-corrected chi connectivity index (χ0v) is 34.1. The van der Waals surface area contributed by atoms with E-state index in [0.29, 0.717) is 0 Å². The molecule has 4 aliphatic carbocycles. The molecule has 6 heteroatoms. The van der Waals surface area contributed by atoms with E-state index in [9.17, 15) is 18.0 Å². The molecular formula is C44H80O5S. The highest BCUT2D eigenvalue weighted by Gasteiger charge is 2.50. The predicted octanol–water partition coefficient (Wildman–Crippen LogP) is 13.0. The summed E-state index contributed by atoms with van der Waals surface area (Å²) in [4.78, 5) is 23.2. The summed E-state index contributed by atoms with van der Waals surface area (Å²) in [6, 6.07) is 0. The second-order valence-corrected chi connectivity index (χ2v) is 20.3. The summed E-state index contributed by atoms with van der Waals surface area (Å²) in [6.45, 7) is 4.71. The standard InChI is InChI=1S/C23H42O3S.C21H38O2/c1-3-22(16-17-22)14-12-10-8-6-4-5-7-9-11-13-15-23(18-19-23)21(24)20-27(2,25)26;1-2-20(15-16-20)13-11-9-7-5-3-4-6-8-10-12-14-21(17-18-21)19(22)23/h3-20H2,1-2H3;2-18H2,1H3,(H,22,23). The lowest BCUT2D eigenvalue weighted by Crippen LogP contribution is -2.24. The fourth-order valence-electron chi connectivity index (χ4n) is 8.60. The number of carbonyl (C=O) groups excluding carboxylic acids is 1.